The largest absolute Gasteiger partial charge is 0.497 e. The molecule has 0 aromatic heterocycles. The van der Waals surface area contributed by atoms with Gasteiger partial charge in [-0.2, -0.15) is 0 Å². The van der Waals surface area contributed by atoms with Gasteiger partial charge in [-0.1, -0.05) is 17.7 Å². The van der Waals surface area contributed by atoms with E-state index in [4.69, 9.17) is 21.1 Å². The minimum atomic E-state index is -0.657. The molecule has 0 unspecified atom stereocenters. The third-order valence-corrected chi connectivity index (χ3v) is 3.57. The summed E-state index contributed by atoms with van der Waals surface area (Å²) in [5.41, 5.74) is 0.700. The van der Waals surface area contributed by atoms with Crippen molar-refractivity contribution in [3.8, 4) is 5.75 Å². The fourth-order valence-corrected chi connectivity index (χ4v) is 2.27. The van der Waals surface area contributed by atoms with E-state index in [0.29, 0.717) is 11.3 Å². The van der Waals surface area contributed by atoms with Crippen LogP contribution in [0, 0.1) is 5.82 Å². The van der Waals surface area contributed by atoms with Crippen LogP contribution in [0.5, 0.6) is 5.75 Å². The van der Waals surface area contributed by atoms with Crippen LogP contribution >= 0.6 is 11.6 Å². The van der Waals surface area contributed by atoms with Crippen molar-refractivity contribution >= 4 is 29.5 Å². The van der Waals surface area contributed by atoms with Gasteiger partial charge in [-0.25, -0.2) is 14.2 Å². The number of hydrogen-bond donors (Lipinski definition) is 0. The van der Waals surface area contributed by atoms with Crippen molar-refractivity contribution in [3.63, 3.8) is 0 Å². The molecule has 2 aromatic rings. The van der Waals surface area contributed by atoms with E-state index in [1.807, 2.05) is 0 Å². The zero-order valence-electron chi connectivity index (χ0n) is 12.0. The first-order valence-electron chi connectivity index (χ1n) is 6.69. The summed E-state index contributed by atoms with van der Waals surface area (Å²) < 4.78 is 24.0. The van der Waals surface area contributed by atoms with E-state index in [-0.39, 0.29) is 22.2 Å². The molecule has 0 radical (unpaired) electrons. The SMILES string of the molecule is COc1ccc(C2=N/C(=C\c3c(F)cccc3Cl)C(=O)O2)cc1. The number of ether oxygens (including phenoxy) is 2. The molecular formula is C17H11ClFNO3. The van der Waals surface area contributed by atoms with E-state index < -0.39 is 11.8 Å². The Morgan fingerprint density at radius 1 is 1.22 bits per heavy atom. The van der Waals surface area contributed by atoms with Gasteiger partial charge in [0.2, 0.25) is 5.90 Å². The number of hydrogen-bond acceptors (Lipinski definition) is 4. The van der Waals surface area contributed by atoms with Crippen molar-refractivity contribution in [2.24, 2.45) is 4.99 Å². The molecule has 4 nitrogen and oxygen atoms in total. The number of carbonyl (C=O) groups is 1. The van der Waals surface area contributed by atoms with Crippen LogP contribution in [0.4, 0.5) is 4.39 Å². The maximum atomic E-state index is 13.8. The second-order valence-corrected chi connectivity index (χ2v) is 5.11. The van der Waals surface area contributed by atoms with E-state index >= 15 is 0 Å². The molecule has 6 heteroatoms. The van der Waals surface area contributed by atoms with Gasteiger partial charge in [-0.15, -0.1) is 0 Å². The molecule has 1 aliphatic rings. The van der Waals surface area contributed by atoms with Crippen LogP contribution in [0.2, 0.25) is 5.02 Å². The molecule has 0 fully saturated rings. The third kappa shape index (κ3) is 3.10. The van der Waals surface area contributed by atoms with Gasteiger partial charge in [-0.3, -0.25) is 0 Å². The van der Waals surface area contributed by atoms with E-state index in [1.165, 1.54) is 24.3 Å². The van der Waals surface area contributed by atoms with Crippen molar-refractivity contribution in [2.45, 2.75) is 0 Å². The molecule has 0 bridgehead atoms. The summed E-state index contributed by atoms with van der Waals surface area (Å²) in [6.45, 7) is 0. The molecule has 2 aromatic carbocycles. The predicted octanol–water partition coefficient (Wildman–Crippen LogP) is 3.83. The molecule has 0 aliphatic carbocycles. The highest BCUT2D eigenvalue weighted by molar-refractivity contribution is 6.32. The highest BCUT2D eigenvalue weighted by Gasteiger charge is 2.25. The first-order valence-corrected chi connectivity index (χ1v) is 7.07. The fraction of sp³-hybridized carbons (Fsp3) is 0.0588. The van der Waals surface area contributed by atoms with Crippen LogP contribution in [0.25, 0.3) is 6.08 Å². The third-order valence-electron chi connectivity index (χ3n) is 3.24. The normalized spacial score (nSPS) is 15.5. The average Bonchev–Trinajstić information content (AvgIpc) is 2.92. The average molecular weight is 332 g/mol. The Morgan fingerprint density at radius 3 is 2.61 bits per heavy atom. The molecule has 1 heterocycles. The summed E-state index contributed by atoms with van der Waals surface area (Å²) in [4.78, 5) is 16.0. The highest BCUT2D eigenvalue weighted by Crippen LogP contribution is 2.25. The lowest BCUT2D eigenvalue weighted by Crippen LogP contribution is -2.05. The fourth-order valence-electron chi connectivity index (χ4n) is 2.05. The molecule has 0 atom stereocenters. The van der Waals surface area contributed by atoms with Crippen molar-refractivity contribution in [1.82, 2.24) is 0 Å². The molecule has 116 valence electrons. The number of methoxy groups -OCH3 is 1. The summed E-state index contributed by atoms with van der Waals surface area (Å²) in [7, 11) is 1.56. The molecule has 1 aliphatic heterocycles. The van der Waals surface area contributed by atoms with Gasteiger partial charge in [-0.05, 0) is 42.5 Å². The lowest BCUT2D eigenvalue weighted by atomic mass is 10.2. The molecular weight excluding hydrogens is 321 g/mol. The van der Waals surface area contributed by atoms with Crippen LogP contribution in [0.1, 0.15) is 11.1 Å². The first-order chi connectivity index (χ1) is 11.1. The zero-order chi connectivity index (χ0) is 16.4. The second-order valence-electron chi connectivity index (χ2n) is 4.70. The van der Waals surface area contributed by atoms with E-state index in [1.54, 1.807) is 31.4 Å². The quantitative estimate of drug-likeness (QED) is 0.634. The molecule has 3 rings (SSSR count). The molecule has 0 saturated carbocycles. The van der Waals surface area contributed by atoms with Crippen LogP contribution in [-0.2, 0) is 9.53 Å². The van der Waals surface area contributed by atoms with Crippen LogP contribution in [0.3, 0.4) is 0 Å². The Balaban J connectivity index is 1.96. The molecule has 0 saturated heterocycles. The monoisotopic (exact) mass is 331 g/mol. The Kier molecular flexibility index (Phi) is 4.12. The predicted molar refractivity (Wildman–Crippen MR) is 85.0 cm³/mol. The van der Waals surface area contributed by atoms with Crippen molar-refractivity contribution in [1.29, 1.82) is 0 Å². The standard InChI is InChI=1S/C17H11ClFNO3/c1-22-11-7-5-10(6-8-11)16-20-15(17(21)23-16)9-12-13(18)3-2-4-14(12)19/h2-9H,1H3/b15-9-. The minimum Gasteiger partial charge on any atom is -0.497 e. The Morgan fingerprint density at radius 2 is 1.96 bits per heavy atom. The summed E-state index contributed by atoms with van der Waals surface area (Å²) in [6.07, 6.45) is 1.27. The van der Waals surface area contributed by atoms with Gasteiger partial charge in [0.1, 0.15) is 11.6 Å². The Labute approximate surface area is 136 Å². The van der Waals surface area contributed by atoms with Gasteiger partial charge in [0.25, 0.3) is 0 Å². The number of cyclic esters (lactones) is 1. The number of carbonyl (C=O) groups excluding carboxylic acids is 1. The minimum absolute atomic E-state index is 0.0113. The van der Waals surface area contributed by atoms with E-state index in [2.05, 4.69) is 4.99 Å². The number of aliphatic imine (C=N–C) groups is 1. The lowest BCUT2D eigenvalue weighted by Gasteiger charge is -2.01. The van der Waals surface area contributed by atoms with Crippen LogP contribution in [-0.4, -0.2) is 19.0 Å². The summed E-state index contributed by atoms with van der Waals surface area (Å²) in [6, 6.07) is 11.1. The Bertz CT molecular complexity index is 808. The maximum absolute atomic E-state index is 13.8. The maximum Gasteiger partial charge on any atom is 0.363 e. The molecule has 0 amide bonds. The van der Waals surface area contributed by atoms with Crippen molar-refractivity contribution in [2.75, 3.05) is 7.11 Å². The molecule has 23 heavy (non-hydrogen) atoms. The summed E-state index contributed by atoms with van der Waals surface area (Å²) in [5, 5.41) is 0.193. The van der Waals surface area contributed by atoms with Crippen molar-refractivity contribution in [3.05, 3.63) is 70.1 Å². The van der Waals surface area contributed by atoms with Gasteiger partial charge in [0.15, 0.2) is 5.70 Å². The number of benzene rings is 2. The zero-order valence-corrected chi connectivity index (χ0v) is 12.8. The lowest BCUT2D eigenvalue weighted by molar-refractivity contribution is -0.129. The van der Waals surface area contributed by atoms with Gasteiger partial charge in [0, 0.05) is 11.1 Å². The van der Waals surface area contributed by atoms with Gasteiger partial charge < -0.3 is 9.47 Å². The van der Waals surface area contributed by atoms with E-state index in [0.717, 1.165) is 0 Å². The number of halogens is 2. The van der Waals surface area contributed by atoms with Gasteiger partial charge >= 0.3 is 5.97 Å². The van der Waals surface area contributed by atoms with Crippen LogP contribution < -0.4 is 4.74 Å². The smallest absolute Gasteiger partial charge is 0.363 e. The Hall–Kier alpha value is -2.66. The summed E-state index contributed by atoms with van der Waals surface area (Å²) in [5.74, 6) is -0.370. The second kappa shape index (κ2) is 6.22. The topological polar surface area (TPSA) is 47.9 Å². The van der Waals surface area contributed by atoms with Gasteiger partial charge in [0.05, 0.1) is 12.1 Å². The van der Waals surface area contributed by atoms with Crippen molar-refractivity contribution < 1.29 is 18.7 Å². The number of rotatable bonds is 3. The highest BCUT2D eigenvalue weighted by atomic mass is 35.5. The molecule has 0 N–H and O–H groups in total. The van der Waals surface area contributed by atoms with Crippen LogP contribution in [0.15, 0.2) is 53.2 Å². The number of nitrogens with zero attached hydrogens (tertiary/aromatic N) is 1. The van der Waals surface area contributed by atoms with E-state index in [9.17, 15) is 9.18 Å². The summed E-state index contributed by atoms with van der Waals surface area (Å²) >= 11 is 5.94. The molecule has 0 spiro atoms. The first kappa shape index (κ1) is 15.2. The number of esters is 1.